The first-order chi connectivity index (χ1) is 13.3. The number of rotatable bonds is 8. The van der Waals surface area contributed by atoms with Gasteiger partial charge in [-0.2, -0.15) is 0 Å². The number of likely N-dealkylation sites (N-methyl/N-ethyl adjacent to an activating group) is 1. The van der Waals surface area contributed by atoms with Crippen LogP contribution < -0.4 is 15.4 Å². The third-order valence-electron chi connectivity index (χ3n) is 4.26. The lowest BCUT2D eigenvalue weighted by atomic mass is 10.1. The maximum absolute atomic E-state index is 13.8. The molecular weight excluding hydrogens is 368 g/mol. The first-order valence-corrected chi connectivity index (χ1v) is 8.76. The smallest absolute Gasteiger partial charge is 0.277 e. The quantitative estimate of drug-likeness (QED) is 0.718. The highest BCUT2D eigenvalue weighted by molar-refractivity contribution is 5.94. The Morgan fingerprint density at radius 2 is 1.96 bits per heavy atom. The van der Waals surface area contributed by atoms with Crippen LogP contribution in [0.4, 0.5) is 14.5 Å². The lowest BCUT2D eigenvalue weighted by Crippen LogP contribution is -2.87. The Labute approximate surface area is 162 Å². The van der Waals surface area contributed by atoms with E-state index in [1.54, 1.807) is 36.5 Å². The molecular formula is C20H24F2N3O3+. The van der Waals surface area contributed by atoms with Crippen molar-refractivity contribution in [3.8, 4) is 5.75 Å². The van der Waals surface area contributed by atoms with Gasteiger partial charge in [0.2, 0.25) is 5.91 Å². The molecule has 0 unspecified atom stereocenters. The normalized spacial score (nSPS) is 11.6. The summed E-state index contributed by atoms with van der Waals surface area (Å²) in [6.07, 6.45) is 0. The molecule has 0 heterocycles. The number of methoxy groups -OCH3 is 1. The Balaban J connectivity index is 1.83. The number of hydrogen-bond donors (Lipinski definition) is 2. The number of nitrogens with two attached hydrogens (primary N) is 1. The Morgan fingerprint density at radius 1 is 1.21 bits per heavy atom. The third kappa shape index (κ3) is 6.02. The summed E-state index contributed by atoms with van der Waals surface area (Å²) in [7, 11) is 3.05. The minimum absolute atomic E-state index is 0.0287. The number of halogens is 2. The van der Waals surface area contributed by atoms with Gasteiger partial charge >= 0.3 is 0 Å². The third-order valence-corrected chi connectivity index (χ3v) is 4.26. The van der Waals surface area contributed by atoms with Gasteiger partial charge in [0, 0.05) is 30.4 Å². The van der Waals surface area contributed by atoms with Gasteiger partial charge in [0.25, 0.3) is 5.91 Å². The van der Waals surface area contributed by atoms with Crippen LogP contribution in [0.25, 0.3) is 0 Å². The summed E-state index contributed by atoms with van der Waals surface area (Å²) in [6, 6.07) is 9.88. The highest BCUT2D eigenvalue weighted by Gasteiger charge is 2.19. The number of carbonyl (C=O) groups excluding carboxylic acids is 2. The molecule has 2 amide bonds. The SMILES string of the molecule is COc1cccc(NC(=O)CN(C)C(=O)C[NH2+][C@@H](C)c2ccc(F)cc2F)c1. The predicted octanol–water partition coefficient (Wildman–Crippen LogP) is 1.69. The number of benzene rings is 2. The van der Waals surface area contributed by atoms with Crippen LogP contribution in [-0.2, 0) is 9.59 Å². The van der Waals surface area contributed by atoms with Crippen molar-refractivity contribution in [3.05, 3.63) is 59.7 Å². The average molecular weight is 392 g/mol. The van der Waals surface area contributed by atoms with Gasteiger partial charge in [-0.15, -0.1) is 0 Å². The number of nitrogens with zero attached hydrogens (tertiary/aromatic N) is 1. The standard InChI is InChI=1S/C20H23F2N3O3/c1-13(17-8-7-14(21)9-18(17)22)23-11-20(27)25(2)12-19(26)24-15-5-4-6-16(10-15)28-3/h4-10,13,23H,11-12H2,1-3H3,(H,24,26)/p+1/t13-/m0/s1. The van der Waals surface area contributed by atoms with Crippen molar-refractivity contribution >= 4 is 17.5 Å². The fourth-order valence-corrected chi connectivity index (χ4v) is 2.64. The number of quaternary nitrogens is 1. The summed E-state index contributed by atoms with van der Waals surface area (Å²) in [5.41, 5.74) is 0.879. The summed E-state index contributed by atoms with van der Waals surface area (Å²) < 4.78 is 31.9. The Kier molecular flexibility index (Phi) is 7.45. The number of amides is 2. The van der Waals surface area contributed by atoms with Gasteiger partial charge in [0.1, 0.15) is 23.4 Å². The van der Waals surface area contributed by atoms with E-state index >= 15 is 0 Å². The molecule has 0 bridgehead atoms. The van der Waals surface area contributed by atoms with Crippen LogP contribution in [-0.4, -0.2) is 44.0 Å². The van der Waals surface area contributed by atoms with Crippen molar-refractivity contribution in [2.45, 2.75) is 13.0 Å². The van der Waals surface area contributed by atoms with Crippen LogP contribution in [0.5, 0.6) is 5.75 Å². The molecule has 3 N–H and O–H groups in total. The van der Waals surface area contributed by atoms with E-state index in [-0.39, 0.29) is 30.9 Å². The van der Waals surface area contributed by atoms with Gasteiger partial charge in [0.15, 0.2) is 6.54 Å². The first-order valence-electron chi connectivity index (χ1n) is 8.76. The molecule has 2 aromatic carbocycles. The van der Waals surface area contributed by atoms with Gasteiger partial charge < -0.3 is 20.3 Å². The molecule has 28 heavy (non-hydrogen) atoms. The maximum atomic E-state index is 13.8. The van der Waals surface area contributed by atoms with Crippen LogP contribution in [0.15, 0.2) is 42.5 Å². The molecule has 0 aliphatic heterocycles. The molecule has 8 heteroatoms. The lowest BCUT2D eigenvalue weighted by Gasteiger charge is -2.18. The van der Waals surface area contributed by atoms with Crippen molar-refractivity contribution in [3.63, 3.8) is 0 Å². The van der Waals surface area contributed by atoms with E-state index in [1.165, 1.54) is 31.2 Å². The first kappa shape index (κ1) is 21.3. The van der Waals surface area contributed by atoms with E-state index in [1.807, 2.05) is 0 Å². The molecule has 0 fully saturated rings. The summed E-state index contributed by atoms with van der Waals surface area (Å²) in [5.74, 6) is -1.32. The van der Waals surface area contributed by atoms with E-state index in [0.717, 1.165) is 6.07 Å². The summed E-state index contributed by atoms with van der Waals surface area (Å²) in [4.78, 5) is 25.7. The number of nitrogens with one attached hydrogen (secondary N) is 1. The second kappa shape index (κ2) is 9.80. The summed E-state index contributed by atoms with van der Waals surface area (Å²) in [6.45, 7) is 1.63. The minimum Gasteiger partial charge on any atom is -0.497 e. The summed E-state index contributed by atoms with van der Waals surface area (Å²) >= 11 is 0. The van der Waals surface area contributed by atoms with Crippen molar-refractivity contribution in [2.75, 3.05) is 32.6 Å². The second-order valence-corrected chi connectivity index (χ2v) is 6.42. The van der Waals surface area contributed by atoms with Gasteiger partial charge in [-0.3, -0.25) is 9.59 Å². The van der Waals surface area contributed by atoms with Crippen molar-refractivity contribution in [2.24, 2.45) is 0 Å². The molecule has 2 aromatic rings. The van der Waals surface area contributed by atoms with Gasteiger partial charge in [-0.1, -0.05) is 6.07 Å². The molecule has 0 aromatic heterocycles. The van der Waals surface area contributed by atoms with Crippen LogP contribution in [0.1, 0.15) is 18.5 Å². The molecule has 0 saturated heterocycles. The van der Waals surface area contributed by atoms with Crippen molar-refractivity contribution in [1.82, 2.24) is 4.90 Å². The number of anilines is 1. The molecule has 0 spiro atoms. The zero-order chi connectivity index (χ0) is 20.7. The zero-order valence-corrected chi connectivity index (χ0v) is 16.0. The second-order valence-electron chi connectivity index (χ2n) is 6.42. The number of carbonyl (C=O) groups is 2. The Morgan fingerprint density at radius 3 is 2.64 bits per heavy atom. The van der Waals surface area contributed by atoms with Gasteiger partial charge in [-0.25, -0.2) is 8.78 Å². The maximum Gasteiger partial charge on any atom is 0.277 e. The number of ether oxygens (including phenoxy) is 1. The predicted molar refractivity (Wildman–Crippen MR) is 101 cm³/mol. The van der Waals surface area contributed by atoms with E-state index in [4.69, 9.17) is 4.74 Å². The van der Waals surface area contributed by atoms with E-state index in [0.29, 0.717) is 17.0 Å². The fourth-order valence-electron chi connectivity index (χ4n) is 2.64. The summed E-state index contributed by atoms with van der Waals surface area (Å²) in [5, 5.41) is 4.33. The van der Waals surface area contributed by atoms with Crippen LogP contribution in [0.2, 0.25) is 0 Å². The Hall–Kier alpha value is -3.00. The molecule has 1 atom stereocenters. The lowest BCUT2D eigenvalue weighted by molar-refractivity contribution is -0.683. The highest BCUT2D eigenvalue weighted by Crippen LogP contribution is 2.16. The fraction of sp³-hybridized carbons (Fsp3) is 0.300. The topological polar surface area (TPSA) is 75.2 Å². The van der Waals surface area contributed by atoms with Gasteiger partial charge in [0.05, 0.1) is 13.7 Å². The van der Waals surface area contributed by atoms with Crippen LogP contribution in [0, 0.1) is 11.6 Å². The number of hydrogen-bond acceptors (Lipinski definition) is 3. The van der Waals surface area contributed by atoms with E-state index in [9.17, 15) is 18.4 Å². The van der Waals surface area contributed by atoms with Crippen LogP contribution >= 0.6 is 0 Å². The van der Waals surface area contributed by atoms with Gasteiger partial charge in [-0.05, 0) is 31.2 Å². The van der Waals surface area contributed by atoms with Crippen LogP contribution in [0.3, 0.4) is 0 Å². The molecule has 0 radical (unpaired) electrons. The van der Waals surface area contributed by atoms with E-state index in [2.05, 4.69) is 5.32 Å². The van der Waals surface area contributed by atoms with E-state index < -0.39 is 11.6 Å². The zero-order valence-electron chi connectivity index (χ0n) is 16.0. The largest absolute Gasteiger partial charge is 0.497 e. The molecule has 0 saturated carbocycles. The van der Waals surface area contributed by atoms with Crippen molar-refractivity contribution in [1.29, 1.82) is 0 Å². The van der Waals surface area contributed by atoms with Crippen molar-refractivity contribution < 1.29 is 28.4 Å². The monoisotopic (exact) mass is 392 g/mol. The molecule has 2 rings (SSSR count). The average Bonchev–Trinajstić information content (AvgIpc) is 2.65. The molecule has 0 aliphatic carbocycles. The molecule has 150 valence electrons. The Bertz CT molecular complexity index is 845. The minimum atomic E-state index is -0.651. The highest BCUT2D eigenvalue weighted by atomic mass is 19.1. The molecule has 0 aliphatic rings. The molecule has 6 nitrogen and oxygen atoms in total.